The number of nitrogens with one attached hydrogen (secondary N) is 2. The Balaban J connectivity index is 1.57. The number of anilines is 3. The summed E-state index contributed by atoms with van der Waals surface area (Å²) < 4.78 is 19.1. The van der Waals surface area contributed by atoms with E-state index in [1.54, 1.807) is 42.5 Å². The molecule has 3 aromatic rings. The first-order chi connectivity index (χ1) is 15.9. The maximum absolute atomic E-state index is 13.8. The summed E-state index contributed by atoms with van der Waals surface area (Å²) in [4.78, 5) is 39.2. The van der Waals surface area contributed by atoms with Crippen molar-refractivity contribution in [3.8, 4) is 5.75 Å². The van der Waals surface area contributed by atoms with Crippen molar-refractivity contribution in [2.24, 2.45) is 0 Å². The lowest BCUT2D eigenvalue weighted by Gasteiger charge is -2.18. The summed E-state index contributed by atoms with van der Waals surface area (Å²) in [7, 11) is 1.43. The highest BCUT2D eigenvalue weighted by Crippen LogP contribution is 2.35. The van der Waals surface area contributed by atoms with Crippen molar-refractivity contribution in [1.82, 2.24) is 0 Å². The fraction of sp³-hybridized carbons (Fsp3) is 0.0417. The van der Waals surface area contributed by atoms with Gasteiger partial charge in [-0.1, -0.05) is 41.9 Å². The minimum atomic E-state index is -0.706. The predicted octanol–water partition coefficient (Wildman–Crippen LogP) is 4.52. The first-order valence-corrected chi connectivity index (χ1v) is 10.1. The van der Waals surface area contributed by atoms with Crippen LogP contribution < -0.4 is 20.3 Å². The molecule has 3 aromatic carbocycles. The molecule has 33 heavy (non-hydrogen) atoms. The molecule has 166 valence electrons. The second-order valence-corrected chi connectivity index (χ2v) is 7.32. The number of amides is 3. The molecule has 0 atom stereocenters. The number of carbonyl (C=O) groups excluding carboxylic acids is 3. The maximum atomic E-state index is 13.8. The molecule has 0 aliphatic carbocycles. The molecule has 0 spiro atoms. The van der Waals surface area contributed by atoms with E-state index in [-0.39, 0.29) is 27.7 Å². The van der Waals surface area contributed by atoms with Crippen molar-refractivity contribution in [3.05, 3.63) is 94.9 Å². The third kappa shape index (κ3) is 4.28. The molecule has 0 unspecified atom stereocenters. The van der Waals surface area contributed by atoms with Crippen molar-refractivity contribution in [1.29, 1.82) is 0 Å². The second-order valence-electron chi connectivity index (χ2n) is 6.95. The van der Waals surface area contributed by atoms with E-state index in [1.807, 2.05) is 0 Å². The Morgan fingerprint density at radius 2 is 1.70 bits per heavy atom. The Kier molecular flexibility index (Phi) is 6.10. The molecule has 0 saturated carbocycles. The summed E-state index contributed by atoms with van der Waals surface area (Å²) in [6, 6.07) is 18.5. The van der Waals surface area contributed by atoms with Crippen molar-refractivity contribution in [2.75, 3.05) is 22.6 Å². The summed E-state index contributed by atoms with van der Waals surface area (Å²) in [5.74, 6) is -2.16. The summed E-state index contributed by atoms with van der Waals surface area (Å²) in [6.07, 6.45) is 0. The molecule has 0 bridgehead atoms. The average molecular weight is 466 g/mol. The molecule has 0 radical (unpaired) electrons. The van der Waals surface area contributed by atoms with Crippen LogP contribution in [0.4, 0.5) is 21.5 Å². The van der Waals surface area contributed by atoms with E-state index in [0.29, 0.717) is 11.4 Å². The van der Waals surface area contributed by atoms with Gasteiger partial charge in [0.1, 0.15) is 22.3 Å². The van der Waals surface area contributed by atoms with Crippen LogP contribution in [0.2, 0.25) is 0 Å². The summed E-state index contributed by atoms with van der Waals surface area (Å²) in [5.41, 5.74) is 0.698. The van der Waals surface area contributed by atoms with Gasteiger partial charge >= 0.3 is 0 Å². The van der Waals surface area contributed by atoms with E-state index >= 15 is 0 Å². The smallest absolute Gasteiger partial charge is 0.283 e. The predicted molar refractivity (Wildman–Crippen MR) is 123 cm³/mol. The zero-order valence-electron chi connectivity index (χ0n) is 17.3. The SMILES string of the molecule is COc1ccccc1N1C(=O)C(Cl)=C(Nc2cccc(C(=O)Nc3ccccc3F)c2)C1=O. The van der Waals surface area contributed by atoms with Gasteiger partial charge in [-0.05, 0) is 42.5 Å². The molecule has 7 nitrogen and oxygen atoms in total. The van der Waals surface area contributed by atoms with Crippen molar-refractivity contribution in [2.45, 2.75) is 0 Å². The van der Waals surface area contributed by atoms with Crippen molar-refractivity contribution < 1.29 is 23.5 Å². The van der Waals surface area contributed by atoms with E-state index in [4.69, 9.17) is 16.3 Å². The Bertz CT molecular complexity index is 1310. The standard InChI is InChI=1S/C24H17ClFN3O4/c1-33-19-12-5-4-11-18(19)29-23(31)20(25)21(24(29)32)27-15-8-6-7-14(13-15)22(30)28-17-10-3-2-9-16(17)26/h2-13,27H,1H3,(H,28,30). The number of hydrogen-bond acceptors (Lipinski definition) is 5. The molecular weight excluding hydrogens is 449 g/mol. The lowest BCUT2D eigenvalue weighted by Crippen LogP contribution is -2.32. The first kappa shape index (κ1) is 22.0. The zero-order chi connectivity index (χ0) is 23.5. The Morgan fingerprint density at radius 3 is 2.45 bits per heavy atom. The Hall–Kier alpha value is -4.17. The summed E-state index contributed by atoms with van der Waals surface area (Å²) >= 11 is 6.18. The van der Waals surface area contributed by atoms with Gasteiger partial charge in [0, 0.05) is 11.3 Å². The minimum Gasteiger partial charge on any atom is -0.495 e. The van der Waals surface area contributed by atoms with Crippen LogP contribution in [-0.2, 0) is 9.59 Å². The topological polar surface area (TPSA) is 87.7 Å². The van der Waals surface area contributed by atoms with Gasteiger partial charge in [-0.15, -0.1) is 0 Å². The van der Waals surface area contributed by atoms with Gasteiger partial charge < -0.3 is 15.4 Å². The van der Waals surface area contributed by atoms with Crippen LogP contribution >= 0.6 is 11.6 Å². The molecule has 0 fully saturated rings. The van der Waals surface area contributed by atoms with Gasteiger partial charge in [-0.3, -0.25) is 14.4 Å². The number of ether oxygens (including phenoxy) is 1. The maximum Gasteiger partial charge on any atom is 0.283 e. The molecule has 1 aliphatic rings. The number of para-hydroxylation sites is 3. The van der Waals surface area contributed by atoms with Crippen molar-refractivity contribution in [3.63, 3.8) is 0 Å². The average Bonchev–Trinajstić information content (AvgIpc) is 3.03. The molecule has 2 N–H and O–H groups in total. The quantitative estimate of drug-likeness (QED) is 0.522. The van der Waals surface area contributed by atoms with E-state index in [2.05, 4.69) is 10.6 Å². The fourth-order valence-corrected chi connectivity index (χ4v) is 3.50. The zero-order valence-corrected chi connectivity index (χ0v) is 18.0. The highest BCUT2D eigenvalue weighted by atomic mass is 35.5. The normalized spacial score (nSPS) is 13.4. The second kappa shape index (κ2) is 9.13. The van der Waals surface area contributed by atoms with Crippen LogP contribution in [0.15, 0.2) is 83.5 Å². The first-order valence-electron chi connectivity index (χ1n) is 9.75. The largest absolute Gasteiger partial charge is 0.495 e. The van der Waals surface area contributed by atoms with E-state index < -0.39 is 23.5 Å². The molecule has 3 amide bonds. The highest BCUT2D eigenvalue weighted by molar-refractivity contribution is 6.53. The van der Waals surface area contributed by atoms with Crippen LogP contribution in [0.25, 0.3) is 0 Å². The van der Waals surface area contributed by atoms with Gasteiger partial charge in [0.2, 0.25) is 0 Å². The molecule has 1 heterocycles. The minimum absolute atomic E-state index is 0.0376. The number of halogens is 2. The fourth-order valence-electron chi connectivity index (χ4n) is 3.28. The van der Waals surface area contributed by atoms with Crippen LogP contribution in [0.5, 0.6) is 5.75 Å². The number of methoxy groups -OCH3 is 1. The summed E-state index contributed by atoms with van der Waals surface area (Å²) in [6.45, 7) is 0. The number of benzene rings is 3. The monoisotopic (exact) mass is 465 g/mol. The van der Waals surface area contributed by atoms with Crippen LogP contribution in [0.3, 0.4) is 0 Å². The number of rotatable bonds is 6. The van der Waals surface area contributed by atoms with Crippen LogP contribution in [0, 0.1) is 5.82 Å². The number of imide groups is 1. The number of hydrogen-bond donors (Lipinski definition) is 2. The van der Waals surface area contributed by atoms with Gasteiger partial charge in [-0.2, -0.15) is 0 Å². The lowest BCUT2D eigenvalue weighted by molar-refractivity contribution is -0.120. The third-order valence-electron chi connectivity index (χ3n) is 4.87. The van der Waals surface area contributed by atoms with E-state index in [1.165, 1.54) is 37.4 Å². The van der Waals surface area contributed by atoms with Crippen molar-refractivity contribution >= 4 is 46.4 Å². The Morgan fingerprint density at radius 1 is 0.970 bits per heavy atom. The highest BCUT2D eigenvalue weighted by Gasteiger charge is 2.40. The van der Waals surface area contributed by atoms with E-state index in [9.17, 15) is 18.8 Å². The van der Waals surface area contributed by atoms with Gasteiger partial charge in [0.05, 0.1) is 18.5 Å². The summed E-state index contributed by atoms with van der Waals surface area (Å²) in [5, 5.41) is 5.01. The van der Waals surface area contributed by atoms with Gasteiger partial charge in [-0.25, -0.2) is 9.29 Å². The molecule has 0 aromatic heterocycles. The molecular formula is C24H17ClFN3O4. The number of carbonyl (C=O) groups is 3. The number of nitrogens with zero attached hydrogens (tertiary/aromatic N) is 1. The van der Waals surface area contributed by atoms with Crippen LogP contribution in [0.1, 0.15) is 10.4 Å². The van der Waals surface area contributed by atoms with E-state index in [0.717, 1.165) is 4.90 Å². The lowest BCUT2D eigenvalue weighted by atomic mass is 10.1. The molecule has 0 saturated heterocycles. The van der Waals surface area contributed by atoms with Gasteiger partial charge in [0.25, 0.3) is 17.7 Å². The van der Waals surface area contributed by atoms with Gasteiger partial charge in [0.15, 0.2) is 0 Å². The molecule has 1 aliphatic heterocycles. The third-order valence-corrected chi connectivity index (χ3v) is 5.22. The van der Waals surface area contributed by atoms with Crippen LogP contribution in [-0.4, -0.2) is 24.8 Å². The Labute approximate surface area is 193 Å². The molecule has 9 heteroatoms. The molecule has 4 rings (SSSR count).